The lowest BCUT2D eigenvalue weighted by Crippen LogP contribution is -2.44. The molecule has 0 saturated heterocycles. The molecule has 1 amide bonds. The number of aliphatic carboxylic acids is 1. The molecular weight excluding hydrogens is 306 g/mol. The first-order valence-electron chi connectivity index (χ1n) is 6.72. The molecule has 1 atom stereocenters. The van der Waals surface area contributed by atoms with Crippen LogP contribution in [-0.2, 0) is 4.79 Å². The molecule has 6 nitrogen and oxygen atoms in total. The third-order valence-electron chi connectivity index (χ3n) is 3.16. The molecule has 0 aliphatic heterocycles. The number of carbonyl (C=O) groups is 2. The monoisotopic (exact) mass is 321 g/mol. The summed E-state index contributed by atoms with van der Waals surface area (Å²) in [4.78, 5) is 23.2. The molecule has 0 spiro atoms. The Bertz CT molecular complexity index is 680. The van der Waals surface area contributed by atoms with E-state index in [1.54, 1.807) is 38.1 Å². The molecule has 0 unspecified atom stereocenters. The molecule has 1 aromatic heterocycles. The molecule has 0 bridgehead atoms. The second-order valence-corrected chi connectivity index (χ2v) is 5.62. The maximum absolute atomic E-state index is 12.1. The number of nitrogens with zero attached hydrogens (tertiary/aromatic N) is 2. The summed E-state index contributed by atoms with van der Waals surface area (Å²) in [5.74, 6) is -1.75. The Morgan fingerprint density at radius 1 is 1.27 bits per heavy atom. The fourth-order valence-corrected chi connectivity index (χ4v) is 2.04. The Morgan fingerprint density at radius 2 is 1.91 bits per heavy atom. The molecule has 2 N–H and O–H groups in total. The van der Waals surface area contributed by atoms with Crippen LogP contribution in [-0.4, -0.2) is 32.8 Å². The van der Waals surface area contributed by atoms with E-state index in [1.165, 1.54) is 17.1 Å². The summed E-state index contributed by atoms with van der Waals surface area (Å²) < 4.78 is 1.52. The van der Waals surface area contributed by atoms with Crippen molar-refractivity contribution in [1.82, 2.24) is 15.1 Å². The minimum Gasteiger partial charge on any atom is -0.480 e. The van der Waals surface area contributed by atoms with Gasteiger partial charge in [-0.1, -0.05) is 25.4 Å². The molecule has 2 rings (SSSR count). The number of aromatic nitrogens is 2. The molecule has 0 fully saturated rings. The Morgan fingerprint density at radius 3 is 2.45 bits per heavy atom. The van der Waals surface area contributed by atoms with Gasteiger partial charge < -0.3 is 10.4 Å². The summed E-state index contributed by atoms with van der Waals surface area (Å²) >= 11 is 5.82. The zero-order valence-electron chi connectivity index (χ0n) is 12.2. The molecule has 2 aromatic rings. The molecule has 0 aliphatic rings. The molecule has 1 heterocycles. The minimum absolute atomic E-state index is 0.215. The van der Waals surface area contributed by atoms with Crippen LogP contribution in [0.15, 0.2) is 36.7 Å². The number of halogens is 1. The van der Waals surface area contributed by atoms with Crippen molar-refractivity contribution in [2.45, 2.75) is 19.9 Å². The lowest BCUT2D eigenvalue weighted by molar-refractivity contribution is -0.140. The van der Waals surface area contributed by atoms with Gasteiger partial charge in [0, 0.05) is 11.2 Å². The molecule has 0 aliphatic carbocycles. The maximum Gasteiger partial charge on any atom is 0.326 e. The predicted molar refractivity (Wildman–Crippen MR) is 82.3 cm³/mol. The van der Waals surface area contributed by atoms with Crippen LogP contribution < -0.4 is 5.32 Å². The van der Waals surface area contributed by atoms with Gasteiger partial charge in [-0.15, -0.1) is 0 Å². The fraction of sp³-hybridized carbons (Fsp3) is 0.267. The van der Waals surface area contributed by atoms with Crippen LogP contribution in [0.25, 0.3) is 5.69 Å². The number of carboxylic acid groups (broad SMARTS) is 1. The number of amides is 1. The van der Waals surface area contributed by atoms with Gasteiger partial charge >= 0.3 is 5.97 Å². The summed E-state index contributed by atoms with van der Waals surface area (Å²) in [5.41, 5.74) is 1.05. The first-order chi connectivity index (χ1) is 10.4. The van der Waals surface area contributed by atoms with E-state index in [2.05, 4.69) is 10.4 Å². The number of hydrogen-bond acceptors (Lipinski definition) is 3. The van der Waals surface area contributed by atoms with Crippen LogP contribution in [0.4, 0.5) is 0 Å². The Labute approximate surface area is 132 Å². The van der Waals surface area contributed by atoms with Crippen LogP contribution in [0.5, 0.6) is 0 Å². The molecule has 116 valence electrons. The molecule has 7 heteroatoms. The number of benzene rings is 1. The van der Waals surface area contributed by atoms with Crippen molar-refractivity contribution in [2.24, 2.45) is 5.92 Å². The zero-order valence-corrected chi connectivity index (χ0v) is 12.9. The summed E-state index contributed by atoms with van der Waals surface area (Å²) in [6.45, 7) is 3.46. The van der Waals surface area contributed by atoms with Crippen molar-refractivity contribution in [2.75, 3.05) is 0 Å². The first kappa shape index (κ1) is 16.0. The average molecular weight is 322 g/mol. The second kappa shape index (κ2) is 6.62. The fourth-order valence-electron chi connectivity index (χ4n) is 1.91. The normalized spacial score (nSPS) is 12.2. The lowest BCUT2D eigenvalue weighted by Gasteiger charge is -2.17. The topological polar surface area (TPSA) is 84.2 Å². The van der Waals surface area contributed by atoms with Gasteiger partial charge in [0.05, 0.1) is 17.4 Å². The largest absolute Gasteiger partial charge is 0.480 e. The van der Waals surface area contributed by atoms with Gasteiger partial charge in [0.15, 0.2) is 0 Å². The SMILES string of the molecule is CC(C)[C@H](NC(=O)c1cnn(-c2ccc(Cl)cc2)c1)C(=O)O. The van der Waals surface area contributed by atoms with E-state index in [4.69, 9.17) is 16.7 Å². The highest BCUT2D eigenvalue weighted by molar-refractivity contribution is 6.30. The number of carboxylic acids is 1. The van der Waals surface area contributed by atoms with Crippen LogP contribution >= 0.6 is 11.6 Å². The van der Waals surface area contributed by atoms with Gasteiger partial charge in [0.2, 0.25) is 0 Å². The van der Waals surface area contributed by atoms with Crippen molar-refractivity contribution in [3.63, 3.8) is 0 Å². The summed E-state index contributed by atoms with van der Waals surface area (Å²) in [6.07, 6.45) is 2.93. The highest BCUT2D eigenvalue weighted by atomic mass is 35.5. The van der Waals surface area contributed by atoms with Gasteiger partial charge in [-0.05, 0) is 30.2 Å². The van der Waals surface area contributed by atoms with E-state index >= 15 is 0 Å². The smallest absolute Gasteiger partial charge is 0.326 e. The maximum atomic E-state index is 12.1. The Kier molecular flexibility index (Phi) is 4.82. The quantitative estimate of drug-likeness (QED) is 0.885. The molecule has 0 saturated carbocycles. The van der Waals surface area contributed by atoms with Crippen LogP contribution in [0, 0.1) is 5.92 Å². The minimum atomic E-state index is -1.06. The number of nitrogens with one attached hydrogen (secondary N) is 1. The van der Waals surface area contributed by atoms with Crippen LogP contribution in [0.3, 0.4) is 0 Å². The molecule has 1 aromatic carbocycles. The molecule has 0 radical (unpaired) electrons. The zero-order chi connectivity index (χ0) is 16.3. The van der Waals surface area contributed by atoms with E-state index in [-0.39, 0.29) is 5.92 Å². The Hall–Kier alpha value is -2.34. The highest BCUT2D eigenvalue weighted by Gasteiger charge is 2.24. The standard InChI is InChI=1S/C15H16ClN3O3/c1-9(2)13(15(21)22)18-14(20)10-7-17-19(8-10)12-5-3-11(16)4-6-12/h3-9,13H,1-2H3,(H,18,20)(H,21,22)/t13-/m0/s1. The highest BCUT2D eigenvalue weighted by Crippen LogP contribution is 2.13. The second-order valence-electron chi connectivity index (χ2n) is 5.18. The predicted octanol–water partition coefficient (Wildman–Crippen LogP) is 2.36. The number of carbonyl (C=O) groups excluding carboxylic acids is 1. The van der Waals surface area contributed by atoms with Crippen LogP contribution in [0.2, 0.25) is 5.02 Å². The van der Waals surface area contributed by atoms with Gasteiger partial charge in [0.25, 0.3) is 5.91 Å². The van der Waals surface area contributed by atoms with Crippen molar-refractivity contribution in [3.8, 4) is 5.69 Å². The van der Waals surface area contributed by atoms with Crippen molar-refractivity contribution >= 4 is 23.5 Å². The van der Waals surface area contributed by atoms with E-state index in [9.17, 15) is 9.59 Å². The van der Waals surface area contributed by atoms with E-state index in [0.29, 0.717) is 10.6 Å². The van der Waals surface area contributed by atoms with Gasteiger partial charge in [0.1, 0.15) is 6.04 Å². The molecular formula is C15H16ClN3O3. The van der Waals surface area contributed by atoms with Crippen LogP contribution in [0.1, 0.15) is 24.2 Å². The van der Waals surface area contributed by atoms with Crippen molar-refractivity contribution in [3.05, 3.63) is 47.2 Å². The molecule has 22 heavy (non-hydrogen) atoms. The van der Waals surface area contributed by atoms with E-state index in [0.717, 1.165) is 5.69 Å². The van der Waals surface area contributed by atoms with Crippen molar-refractivity contribution < 1.29 is 14.7 Å². The summed E-state index contributed by atoms with van der Waals surface area (Å²) in [6, 6.07) is 6.04. The van der Waals surface area contributed by atoms with Gasteiger partial charge in [-0.3, -0.25) is 4.79 Å². The van der Waals surface area contributed by atoms with E-state index in [1.807, 2.05) is 0 Å². The van der Waals surface area contributed by atoms with Gasteiger partial charge in [-0.25, -0.2) is 9.48 Å². The summed E-state index contributed by atoms with van der Waals surface area (Å²) in [5, 5.41) is 16.3. The van der Waals surface area contributed by atoms with Crippen molar-refractivity contribution in [1.29, 1.82) is 0 Å². The number of rotatable bonds is 5. The average Bonchev–Trinajstić information content (AvgIpc) is 2.94. The third-order valence-corrected chi connectivity index (χ3v) is 3.41. The third kappa shape index (κ3) is 3.65. The Balaban J connectivity index is 2.15. The first-order valence-corrected chi connectivity index (χ1v) is 7.10. The van der Waals surface area contributed by atoms with Gasteiger partial charge in [-0.2, -0.15) is 5.10 Å². The lowest BCUT2D eigenvalue weighted by atomic mass is 10.0. The van der Waals surface area contributed by atoms with E-state index < -0.39 is 17.9 Å². The summed E-state index contributed by atoms with van der Waals surface area (Å²) in [7, 11) is 0. The number of hydrogen-bond donors (Lipinski definition) is 2.